The van der Waals surface area contributed by atoms with Crippen LogP contribution in [0.4, 0.5) is 0 Å². The van der Waals surface area contributed by atoms with E-state index in [9.17, 15) is 14.4 Å². The first kappa shape index (κ1) is 51.1. The van der Waals surface area contributed by atoms with Crippen molar-refractivity contribution in [3.8, 4) is 0 Å². The van der Waals surface area contributed by atoms with Crippen LogP contribution in [0.1, 0.15) is 207 Å². The van der Waals surface area contributed by atoms with Gasteiger partial charge in [0.2, 0.25) is 0 Å². The lowest BCUT2D eigenvalue weighted by Gasteiger charge is -2.18. The summed E-state index contributed by atoms with van der Waals surface area (Å²) in [7, 11) is 0. The molecule has 0 heterocycles. The minimum Gasteiger partial charge on any atom is -0.462 e. The number of hydrogen-bond acceptors (Lipinski definition) is 6. The fraction of sp³-hybridized carbons (Fsp3) is 0.729. The lowest BCUT2D eigenvalue weighted by molar-refractivity contribution is -0.167. The van der Waals surface area contributed by atoms with Crippen molar-refractivity contribution in [3.63, 3.8) is 0 Å². The third kappa shape index (κ3) is 40.3. The van der Waals surface area contributed by atoms with Crippen LogP contribution in [-0.4, -0.2) is 37.2 Å². The summed E-state index contributed by atoms with van der Waals surface area (Å²) in [5, 5.41) is 0. The summed E-state index contributed by atoms with van der Waals surface area (Å²) in [4.78, 5) is 37.6. The molecule has 0 aliphatic heterocycles. The van der Waals surface area contributed by atoms with Gasteiger partial charge in [0.05, 0.1) is 0 Å². The molecule has 0 N–H and O–H groups in total. The molecule has 0 aliphatic carbocycles. The standard InChI is InChI=1S/C48H82O6/c1-4-7-10-13-16-18-20-22-23-24-25-26-28-29-32-35-38-41-47(50)53-44-45(43-52-46(49)40-37-34-31-15-12-9-6-3)54-48(51)42-39-36-33-30-27-21-19-17-14-11-8-5-2/h7,10,16-19,22-23,25-26,45H,4-6,8-9,11-15,20-21,24,27-44H2,1-3H3/b10-7-,18-16-,19-17-,23-22-,26-25-. The Labute approximate surface area is 332 Å². The second-order valence-electron chi connectivity index (χ2n) is 14.6. The molecule has 0 amide bonds. The number of carbonyl (C=O) groups excluding carboxylic acids is 3. The zero-order valence-electron chi connectivity index (χ0n) is 35.2. The smallest absolute Gasteiger partial charge is 0.306 e. The third-order valence-electron chi connectivity index (χ3n) is 9.26. The molecule has 0 aromatic carbocycles. The fourth-order valence-corrected chi connectivity index (χ4v) is 5.90. The van der Waals surface area contributed by atoms with Gasteiger partial charge >= 0.3 is 17.9 Å². The summed E-state index contributed by atoms with van der Waals surface area (Å²) in [6.45, 7) is 6.41. The van der Waals surface area contributed by atoms with Gasteiger partial charge in [-0.2, -0.15) is 0 Å². The highest BCUT2D eigenvalue weighted by atomic mass is 16.6. The lowest BCUT2D eigenvalue weighted by atomic mass is 10.1. The molecule has 0 fully saturated rings. The summed E-state index contributed by atoms with van der Waals surface area (Å²) in [6, 6.07) is 0. The van der Waals surface area contributed by atoms with E-state index >= 15 is 0 Å². The van der Waals surface area contributed by atoms with Gasteiger partial charge in [-0.25, -0.2) is 0 Å². The molecule has 0 rings (SSSR count). The van der Waals surface area contributed by atoms with Crippen molar-refractivity contribution in [1.29, 1.82) is 0 Å². The molecule has 0 aliphatic rings. The minimum absolute atomic E-state index is 0.0857. The van der Waals surface area contributed by atoms with Crippen LogP contribution >= 0.6 is 0 Å². The van der Waals surface area contributed by atoms with E-state index in [4.69, 9.17) is 14.2 Å². The van der Waals surface area contributed by atoms with Gasteiger partial charge < -0.3 is 14.2 Å². The maximum atomic E-state index is 12.7. The van der Waals surface area contributed by atoms with Gasteiger partial charge in [-0.05, 0) is 83.5 Å². The summed E-state index contributed by atoms with van der Waals surface area (Å²) in [6.07, 6.45) is 50.7. The zero-order valence-corrected chi connectivity index (χ0v) is 35.2. The van der Waals surface area contributed by atoms with Gasteiger partial charge in [0.1, 0.15) is 13.2 Å². The molecule has 6 nitrogen and oxygen atoms in total. The van der Waals surface area contributed by atoms with E-state index in [2.05, 4.69) is 81.5 Å². The molecule has 310 valence electrons. The second-order valence-corrected chi connectivity index (χ2v) is 14.6. The fourth-order valence-electron chi connectivity index (χ4n) is 5.90. The maximum absolute atomic E-state index is 12.7. The number of unbranched alkanes of at least 4 members (excludes halogenated alkanes) is 18. The van der Waals surface area contributed by atoms with Gasteiger partial charge in [-0.3, -0.25) is 14.4 Å². The predicted molar refractivity (Wildman–Crippen MR) is 228 cm³/mol. The van der Waals surface area contributed by atoms with Crippen LogP contribution in [0.2, 0.25) is 0 Å². The summed E-state index contributed by atoms with van der Waals surface area (Å²) in [5.74, 6) is -0.931. The van der Waals surface area contributed by atoms with Crippen molar-refractivity contribution in [3.05, 3.63) is 60.8 Å². The molecule has 0 saturated heterocycles. The molecular formula is C48H82O6. The van der Waals surface area contributed by atoms with Gasteiger partial charge in [-0.1, -0.05) is 165 Å². The predicted octanol–water partition coefficient (Wildman–Crippen LogP) is 14.1. The van der Waals surface area contributed by atoms with Crippen molar-refractivity contribution < 1.29 is 28.6 Å². The maximum Gasteiger partial charge on any atom is 0.306 e. The molecule has 0 aromatic heterocycles. The van der Waals surface area contributed by atoms with E-state index in [1.807, 2.05) is 0 Å². The number of esters is 3. The molecule has 6 heteroatoms. The van der Waals surface area contributed by atoms with Crippen LogP contribution < -0.4 is 0 Å². The topological polar surface area (TPSA) is 78.9 Å². The average molecular weight is 755 g/mol. The quantitative estimate of drug-likeness (QED) is 0.0269. The molecule has 54 heavy (non-hydrogen) atoms. The van der Waals surface area contributed by atoms with Crippen molar-refractivity contribution in [2.75, 3.05) is 13.2 Å². The highest BCUT2D eigenvalue weighted by Crippen LogP contribution is 2.13. The first-order valence-corrected chi connectivity index (χ1v) is 22.3. The van der Waals surface area contributed by atoms with Gasteiger partial charge in [-0.15, -0.1) is 0 Å². The van der Waals surface area contributed by atoms with Crippen molar-refractivity contribution in [1.82, 2.24) is 0 Å². The number of allylic oxidation sites excluding steroid dienone is 10. The molecule has 0 radical (unpaired) electrons. The average Bonchev–Trinajstić information content (AvgIpc) is 3.17. The minimum atomic E-state index is -0.783. The molecule has 0 saturated carbocycles. The highest BCUT2D eigenvalue weighted by Gasteiger charge is 2.19. The van der Waals surface area contributed by atoms with E-state index in [0.29, 0.717) is 19.3 Å². The monoisotopic (exact) mass is 755 g/mol. The first-order chi connectivity index (χ1) is 26.5. The van der Waals surface area contributed by atoms with E-state index in [1.54, 1.807) is 0 Å². The molecule has 0 bridgehead atoms. The van der Waals surface area contributed by atoms with E-state index in [-0.39, 0.29) is 31.1 Å². The van der Waals surface area contributed by atoms with E-state index in [0.717, 1.165) is 109 Å². The van der Waals surface area contributed by atoms with Crippen LogP contribution in [0.25, 0.3) is 0 Å². The SMILES string of the molecule is CC/C=C\C/C=C\C/C=C\C/C=C\CCCCCCC(=O)OCC(COC(=O)CCCCCCCCC)OC(=O)CCCCCCC/C=C\CCCCC. The number of carbonyl (C=O) groups is 3. The molecule has 1 atom stereocenters. The highest BCUT2D eigenvalue weighted by molar-refractivity contribution is 5.71. The van der Waals surface area contributed by atoms with E-state index in [1.165, 1.54) is 57.8 Å². The van der Waals surface area contributed by atoms with Gasteiger partial charge in [0, 0.05) is 19.3 Å². The van der Waals surface area contributed by atoms with Crippen molar-refractivity contribution in [2.45, 2.75) is 213 Å². The largest absolute Gasteiger partial charge is 0.462 e. The van der Waals surface area contributed by atoms with Crippen LogP contribution in [0, 0.1) is 0 Å². The second kappa shape index (κ2) is 42.8. The van der Waals surface area contributed by atoms with E-state index < -0.39 is 6.10 Å². The van der Waals surface area contributed by atoms with Gasteiger partial charge in [0.25, 0.3) is 0 Å². The molecular weight excluding hydrogens is 673 g/mol. The number of hydrogen-bond donors (Lipinski definition) is 0. The number of ether oxygens (including phenoxy) is 3. The Morgan fingerprint density at radius 1 is 0.389 bits per heavy atom. The summed E-state index contributed by atoms with van der Waals surface area (Å²) in [5.41, 5.74) is 0. The Balaban J connectivity index is 4.36. The Hall–Kier alpha value is -2.89. The Bertz CT molecular complexity index is 1010. The molecule has 0 spiro atoms. The third-order valence-corrected chi connectivity index (χ3v) is 9.26. The summed E-state index contributed by atoms with van der Waals surface area (Å²) < 4.78 is 16.6. The summed E-state index contributed by atoms with van der Waals surface area (Å²) >= 11 is 0. The van der Waals surface area contributed by atoms with Crippen molar-refractivity contribution in [2.24, 2.45) is 0 Å². The normalized spacial score (nSPS) is 12.6. The first-order valence-electron chi connectivity index (χ1n) is 22.3. The van der Waals surface area contributed by atoms with Crippen LogP contribution in [0.5, 0.6) is 0 Å². The molecule has 0 aromatic rings. The van der Waals surface area contributed by atoms with Crippen molar-refractivity contribution >= 4 is 17.9 Å². The Kier molecular flexibility index (Phi) is 40.6. The zero-order chi connectivity index (χ0) is 39.4. The van der Waals surface area contributed by atoms with Crippen LogP contribution in [0.15, 0.2) is 60.8 Å². The van der Waals surface area contributed by atoms with Crippen LogP contribution in [0.3, 0.4) is 0 Å². The lowest BCUT2D eigenvalue weighted by Crippen LogP contribution is -2.30. The molecule has 1 unspecified atom stereocenters. The van der Waals surface area contributed by atoms with Gasteiger partial charge in [0.15, 0.2) is 6.10 Å². The van der Waals surface area contributed by atoms with Crippen LogP contribution in [-0.2, 0) is 28.6 Å². The Morgan fingerprint density at radius 3 is 1.19 bits per heavy atom. The Morgan fingerprint density at radius 2 is 0.722 bits per heavy atom. The number of rotatable bonds is 39.